The highest BCUT2D eigenvalue weighted by atomic mass is 32.2. The third-order valence-corrected chi connectivity index (χ3v) is 2.49. The van der Waals surface area contributed by atoms with E-state index in [0.717, 1.165) is 0 Å². The zero-order chi connectivity index (χ0) is 11.8. The van der Waals surface area contributed by atoms with E-state index in [1.807, 2.05) is 0 Å². The molecule has 82 valence electrons. The molecule has 1 aromatic carbocycles. The van der Waals surface area contributed by atoms with E-state index in [2.05, 4.69) is 5.14 Å². The molecule has 0 aromatic heterocycles. The average molecular weight is 236 g/mol. The summed E-state index contributed by atoms with van der Waals surface area (Å²) >= 11 is 0. The number of hydrogen-bond donors (Lipinski definition) is 2. The number of amides is 1. The van der Waals surface area contributed by atoms with E-state index in [1.54, 1.807) is 0 Å². The molecule has 0 fully saturated rings. The fourth-order valence-corrected chi connectivity index (χ4v) is 1.46. The van der Waals surface area contributed by atoms with Crippen molar-refractivity contribution in [2.45, 2.75) is 4.90 Å². The van der Waals surface area contributed by atoms with Crippen molar-refractivity contribution in [1.82, 2.24) is 0 Å². The fraction of sp³-hybridized carbons (Fsp3) is 0. The molecule has 0 saturated carbocycles. The molecule has 0 bridgehead atoms. The SMILES string of the molecule is NC(=O)c1cc(S(N)(=O)=O)cc(F)c1F. The van der Waals surface area contributed by atoms with Gasteiger partial charge in [-0.3, -0.25) is 4.79 Å². The van der Waals surface area contributed by atoms with E-state index >= 15 is 0 Å². The number of hydrogen-bond acceptors (Lipinski definition) is 3. The van der Waals surface area contributed by atoms with Crippen molar-refractivity contribution in [3.63, 3.8) is 0 Å². The predicted octanol–water partition coefficient (Wildman–Crippen LogP) is -0.289. The maximum Gasteiger partial charge on any atom is 0.251 e. The molecule has 15 heavy (non-hydrogen) atoms. The first kappa shape index (κ1) is 11.5. The molecule has 4 N–H and O–H groups in total. The summed E-state index contributed by atoms with van der Waals surface area (Å²) in [5, 5.41) is 4.68. The van der Waals surface area contributed by atoms with Gasteiger partial charge in [0.25, 0.3) is 5.91 Å². The first-order valence-corrected chi connectivity index (χ1v) is 5.09. The van der Waals surface area contributed by atoms with Crippen LogP contribution in [0.2, 0.25) is 0 Å². The largest absolute Gasteiger partial charge is 0.366 e. The van der Waals surface area contributed by atoms with Crippen LogP contribution in [0.4, 0.5) is 8.78 Å². The summed E-state index contributed by atoms with van der Waals surface area (Å²) in [4.78, 5) is 9.92. The van der Waals surface area contributed by atoms with E-state index in [9.17, 15) is 22.0 Å². The molecule has 0 radical (unpaired) electrons. The van der Waals surface area contributed by atoms with Crippen LogP contribution in [0, 0.1) is 11.6 Å². The molecule has 1 aromatic rings. The predicted molar refractivity (Wildman–Crippen MR) is 46.2 cm³/mol. The second-order valence-corrected chi connectivity index (χ2v) is 4.24. The number of primary amides is 1. The monoisotopic (exact) mass is 236 g/mol. The van der Waals surface area contributed by atoms with Crippen LogP contribution < -0.4 is 10.9 Å². The van der Waals surface area contributed by atoms with Gasteiger partial charge in [0.15, 0.2) is 11.6 Å². The topological polar surface area (TPSA) is 103 Å². The molecule has 1 rings (SSSR count). The van der Waals surface area contributed by atoms with E-state index in [1.165, 1.54) is 0 Å². The number of benzene rings is 1. The molecule has 1 amide bonds. The molecular formula is C7H6F2N2O3S. The lowest BCUT2D eigenvalue weighted by atomic mass is 10.2. The van der Waals surface area contributed by atoms with Gasteiger partial charge in [0.2, 0.25) is 10.0 Å². The van der Waals surface area contributed by atoms with E-state index in [-0.39, 0.29) is 0 Å². The molecule has 0 atom stereocenters. The number of primary sulfonamides is 1. The Bertz CT molecular complexity index is 527. The van der Waals surface area contributed by atoms with Crippen molar-refractivity contribution >= 4 is 15.9 Å². The van der Waals surface area contributed by atoms with Gasteiger partial charge in [-0.05, 0) is 12.1 Å². The Morgan fingerprint density at radius 2 is 1.80 bits per heavy atom. The minimum absolute atomic E-state index is 0.372. The van der Waals surface area contributed by atoms with Gasteiger partial charge in [0, 0.05) is 0 Å². The van der Waals surface area contributed by atoms with Gasteiger partial charge in [-0.1, -0.05) is 0 Å². The highest BCUT2D eigenvalue weighted by Crippen LogP contribution is 2.17. The van der Waals surface area contributed by atoms with Crippen LogP contribution in [0.15, 0.2) is 17.0 Å². The van der Waals surface area contributed by atoms with Gasteiger partial charge >= 0.3 is 0 Å². The number of carbonyl (C=O) groups excluding carboxylic acids is 1. The molecular weight excluding hydrogens is 230 g/mol. The van der Waals surface area contributed by atoms with Gasteiger partial charge in [0.05, 0.1) is 10.5 Å². The minimum atomic E-state index is -4.21. The zero-order valence-corrected chi connectivity index (χ0v) is 8.01. The van der Waals surface area contributed by atoms with Gasteiger partial charge in [-0.25, -0.2) is 22.3 Å². The first-order valence-electron chi connectivity index (χ1n) is 3.55. The highest BCUT2D eigenvalue weighted by molar-refractivity contribution is 7.89. The molecule has 0 aliphatic carbocycles. The van der Waals surface area contributed by atoms with Crippen molar-refractivity contribution < 1.29 is 22.0 Å². The number of rotatable bonds is 2. The van der Waals surface area contributed by atoms with Gasteiger partial charge in [-0.2, -0.15) is 0 Å². The molecule has 0 saturated heterocycles. The standard InChI is InChI=1S/C7H6F2N2O3S/c8-5-2-3(15(11,13)14)1-4(6(5)9)7(10)12/h1-2H,(H2,10,12)(H2,11,13,14). The van der Waals surface area contributed by atoms with E-state index < -0.39 is 38.0 Å². The van der Waals surface area contributed by atoms with Crippen molar-refractivity contribution in [3.05, 3.63) is 29.3 Å². The lowest BCUT2D eigenvalue weighted by molar-refractivity contribution is 0.0995. The summed E-state index contributed by atoms with van der Waals surface area (Å²) in [5.74, 6) is -4.29. The molecule has 8 heteroatoms. The number of nitrogens with two attached hydrogens (primary N) is 2. The normalized spacial score (nSPS) is 11.4. The first-order chi connectivity index (χ1) is 6.73. The lowest BCUT2D eigenvalue weighted by Crippen LogP contribution is -2.18. The van der Waals surface area contributed by atoms with Crippen LogP contribution in [0.25, 0.3) is 0 Å². The number of halogens is 2. The van der Waals surface area contributed by atoms with Crippen molar-refractivity contribution in [2.75, 3.05) is 0 Å². The fourth-order valence-electron chi connectivity index (χ4n) is 0.908. The second-order valence-electron chi connectivity index (χ2n) is 2.68. The van der Waals surface area contributed by atoms with Crippen LogP contribution in [0.3, 0.4) is 0 Å². The average Bonchev–Trinajstić information content (AvgIpc) is 2.06. The van der Waals surface area contributed by atoms with Crippen LogP contribution >= 0.6 is 0 Å². The van der Waals surface area contributed by atoms with Crippen molar-refractivity contribution in [3.8, 4) is 0 Å². The molecule has 0 spiro atoms. The quantitative estimate of drug-likeness (QED) is 0.737. The van der Waals surface area contributed by atoms with Crippen molar-refractivity contribution in [2.24, 2.45) is 10.9 Å². The molecule has 5 nitrogen and oxygen atoms in total. The van der Waals surface area contributed by atoms with Crippen LogP contribution in [0.5, 0.6) is 0 Å². The lowest BCUT2D eigenvalue weighted by Gasteiger charge is -2.03. The summed E-state index contributed by atoms with van der Waals surface area (Å²) in [7, 11) is -4.21. The van der Waals surface area contributed by atoms with Crippen LogP contribution in [0.1, 0.15) is 10.4 Å². The Hall–Kier alpha value is -1.54. The second kappa shape index (κ2) is 3.55. The molecule has 0 heterocycles. The van der Waals surface area contributed by atoms with Gasteiger partial charge in [0.1, 0.15) is 0 Å². The van der Waals surface area contributed by atoms with Gasteiger partial charge < -0.3 is 5.73 Å². The Morgan fingerprint density at radius 1 is 1.27 bits per heavy atom. The van der Waals surface area contributed by atoms with Crippen molar-refractivity contribution in [1.29, 1.82) is 0 Å². The van der Waals surface area contributed by atoms with Gasteiger partial charge in [-0.15, -0.1) is 0 Å². The summed E-state index contributed by atoms with van der Waals surface area (Å²) in [6.45, 7) is 0. The van der Waals surface area contributed by atoms with Crippen LogP contribution in [-0.2, 0) is 10.0 Å². The molecule has 0 unspecified atom stereocenters. The minimum Gasteiger partial charge on any atom is -0.366 e. The maximum atomic E-state index is 12.9. The summed E-state index contributed by atoms with van der Waals surface area (Å²) in [6.07, 6.45) is 0. The Kier molecular flexibility index (Phi) is 2.73. The number of carbonyl (C=O) groups is 1. The zero-order valence-electron chi connectivity index (χ0n) is 7.20. The Labute approximate surface area is 83.7 Å². The summed E-state index contributed by atoms with van der Waals surface area (Å²) in [6, 6.07) is 0.952. The maximum absolute atomic E-state index is 12.9. The molecule has 0 aliphatic heterocycles. The summed E-state index contributed by atoms with van der Waals surface area (Å²) in [5.41, 5.74) is 3.85. The molecule has 0 aliphatic rings. The van der Waals surface area contributed by atoms with E-state index in [4.69, 9.17) is 5.73 Å². The summed E-state index contributed by atoms with van der Waals surface area (Å²) < 4.78 is 47.4. The Morgan fingerprint density at radius 3 is 2.20 bits per heavy atom. The highest BCUT2D eigenvalue weighted by Gasteiger charge is 2.19. The third kappa shape index (κ3) is 2.28. The van der Waals surface area contributed by atoms with Crippen LogP contribution in [-0.4, -0.2) is 14.3 Å². The Balaban J connectivity index is 3.57. The van der Waals surface area contributed by atoms with E-state index in [0.29, 0.717) is 12.1 Å². The third-order valence-electron chi connectivity index (χ3n) is 1.60. The number of sulfonamides is 1. The smallest absolute Gasteiger partial charge is 0.251 e.